The Hall–Kier alpha value is -1.23. The normalized spacial score (nSPS) is 29.6. The van der Waals surface area contributed by atoms with Gasteiger partial charge in [0.05, 0.1) is 6.20 Å². The van der Waals surface area contributed by atoms with Gasteiger partial charge in [0.2, 0.25) is 0 Å². The molecular weight excluding hydrogens is 240 g/mol. The Labute approximate surface area is 113 Å². The van der Waals surface area contributed by atoms with Gasteiger partial charge in [0.15, 0.2) is 5.78 Å². The van der Waals surface area contributed by atoms with E-state index >= 15 is 0 Å². The van der Waals surface area contributed by atoms with E-state index in [4.69, 9.17) is 0 Å². The molecule has 19 heavy (non-hydrogen) atoms. The van der Waals surface area contributed by atoms with Crippen molar-refractivity contribution in [2.75, 3.05) is 0 Å². The lowest BCUT2D eigenvalue weighted by atomic mass is 9.88. The fourth-order valence-corrected chi connectivity index (χ4v) is 3.56. The summed E-state index contributed by atoms with van der Waals surface area (Å²) in [5, 5.41) is 11.5. The van der Waals surface area contributed by atoms with Gasteiger partial charge in [-0.15, -0.1) is 5.10 Å². The van der Waals surface area contributed by atoms with Gasteiger partial charge in [0.25, 0.3) is 0 Å². The lowest BCUT2D eigenvalue weighted by Crippen LogP contribution is -2.38. The standard InChI is InChI=1S/C14H22N4O/c1-2-5-18-13(9-15-17-18)14(19)8-10-6-11-3-4-12(7-10)16-11/h9-12,16H,2-8H2,1H3. The van der Waals surface area contributed by atoms with Gasteiger partial charge in [-0.05, 0) is 38.0 Å². The number of aryl methyl sites for hydroxylation is 1. The number of rotatable bonds is 5. The van der Waals surface area contributed by atoms with Crippen molar-refractivity contribution in [3.05, 3.63) is 11.9 Å². The zero-order valence-electron chi connectivity index (χ0n) is 11.5. The predicted octanol–water partition coefficient (Wildman–Crippen LogP) is 1.79. The third-order valence-corrected chi connectivity index (χ3v) is 4.38. The second-order valence-electron chi connectivity index (χ2n) is 5.94. The molecule has 2 atom stereocenters. The smallest absolute Gasteiger partial charge is 0.182 e. The lowest BCUT2D eigenvalue weighted by Gasteiger charge is -2.28. The van der Waals surface area contributed by atoms with E-state index in [0.29, 0.717) is 30.1 Å². The zero-order valence-corrected chi connectivity index (χ0v) is 11.5. The molecule has 2 fully saturated rings. The van der Waals surface area contributed by atoms with Crippen LogP contribution in [0.25, 0.3) is 0 Å². The summed E-state index contributed by atoms with van der Waals surface area (Å²) in [4.78, 5) is 12.4. The topological polar surface area (TPSA) is 59.8 Å². The zero-order chi connectivity index (χ0) is 13.2. The van der Waals surface area contributed by atoms with Gasteiger partial charge in [-0.1, -0.05) is 12.1 Å². The van der Waals surface area contributed by atoms with Gasteiger partial charge >= 0.3 is 0 Å². The summed E-state index contributed by atoms with van der Waals surface area (Å²) >= 11 is 0. The van der Waals surface area contributed by atoms with Crippen LogP contribution in [0.5, 0.6) is 0 Å². The molecule has 0 amide bonds. The molecule has 5 nitrogen and oxygen atoms in total. The number of aromatic nitrogens is 3. The van der Waals surface area contributed by atoms with Crippen LogP contribution in [-0.2, 0) is 6.54 Å². The van der Waals surface area contributed by atoms with Gasteiger partial charge in [-0.25, -0.2) is 4.68 Å². The fraction of sp³-hybridized carbons (Fsp3) is 0.786. The maximum atomic E-state index is 12.4. The molecule has 2 aliphatic heterocycles. The summed E-state index contributed by atoms with van der Waals surface area (Å²) in [6.45, 7) is 2.86. The van der Waals surface area contributed by atoms with Crippen LogP contribution in [0.1, 0.15) is 55.9 Å². The van der Waals surface area contributed by atoms with Crippen LogP contribution in [0, 0.1) is 5.92 Å². The number of nitrogens with one attached hydrogen (secondary N) is 1. The van der Waals surface area contributed by atoms with E-state index in [1.807, 2.05) is 0 Å². The Morgan fingerprint density at radius 1 is 1.42 bits per heavy atom. The molecule has 2 saturated heterocycles. The SMILES string of the molecule is CCCn1nncc1C(=O)CC1CC2CCC(C1)N2. The number of fused-ring (bicyclic) bond motifs is 2. The maximum absolute atomic E-state index is 12.4. The average Bonchev–Trinajstić information content (AvgIpc) is 2.97. The molecule has 0 spiro atoms. The highest BCUT2D eigenvalue weighted by Gasteiger charge is 2.34. The van der Waals surface area contributed by atoms with E-state index in [1.54, 1.807) is 10.9 Å². The van der Waals surface area contributed by atoms with Crippen molar-refractivity contribution in [3.8, 4) is 0 Å². The van der Waals surface area contributed by atoms with Crippen LogP contribution in [0.3, 0.4) is 0 Å². The van der Waals surface area contributed by atoms with Crippen molar-refractivity contribution in [1.29, 1.82) is 0 Å². The summed E-state index contributed by atoms with van der Waals surface area (Å²) < 4.78 is 1.75. The molecule has 0 saturated carbocycles. The summed E-state index contributed by atoms with van der Waals surface area (Å²) in [5.41, 5.74) is 0.688. The highest BCUT2D eigenvalue weighted by atomic mass is 16.1. The minimum Gasteiger partial charge on any atom is -0.311 e. The molecule has 2 bridgehead atoms. The van der Waals surface area contributed by atoms with Crippen LogP contribution in [0.2, 0.25) is 0 Å². The first-order valence-electron chi connectivity index (χ1n) is 7.44. The summed E-state index contributed by atoms with van der Waals surface area (Å²) in [6.07, 6.45) is 8.12. The van der Waals surface area contributed by atoms with E-state index < -0.39 is 0 Å². The molecule has 1 N–H and O–H groups in total. The van der Waals surface area contributed by atoms with Gasteiger partial charge in [-0.3, -0.25) is 4.79 Å². The number of hydrogen-bond acceptors (Lipinski definition) is 4. The van der Waals surface area contributed by atoms with Crippen molar-refractivity contribution in [2.24, 2.45) is 5.92 Å². The molecule has 2 unspecified atom stereocenters. The van der Waals surface area contributed by atoms with E-state index in [-0.39, 0.29) is 5.78 Å². The lowest BCUT2D eigenvalue weighted by molar-refractivity contribution is 0.0934. The Balaban J connectivity index is 1.63. The number of carbonyl (C=O) groups is 1. The molecule has 1 aromatic heterocycles. The first-order chi connectivity index (χ1) is 9.26. The van der Waals surface area contributed by atoms with Crippen LogP contribution < -0.4 is 5.32 Å². The van der Waals surface area contributed by atoms with Crippen molar-refractivity contribution in [1.82, 2.24) is 20.3 Å². The Kier molecular flexibility index (Phi) is 3.64. The number of Topliss-reactive ketones (excluding diaryl/α,β-unsaturated/α-hetero) is 1. The maximum Gasteiger partial charge on any atom is 0.182 e. The Morgan fingerprint density at radius 3 is 2.84 bits per heavy atom. The first kappa shape index (κ1) is 12.8. The Bertz CT molecular complexity index is 444. The second-order valence-corrected chi connectivity index (χ2v) is 5.94. The van der Waals surface area contributed by atoms with Gasteiger partial charge < -0.3 is 5.32 Å². The van der Waals surface area contributed by atoms with E-state index in [0.717, 1.165) is 25.8 Å². The summed E-state index contributed by atoms with van der Waals surface area (Å²) in [5.74, 6) is 0.751. The van der Waals surface area contributed by atoms with Gasteiger partial charge in [-0.2, -0.15) is 0 Å². The minimum atomic E-state index is 0.213. The molecule has 3 rings (SSSR count). The predicted molar refractivity (Wildman–Crippen MR) is 71.9 cm³/mol. The number of ketones is 1. The van der Waals surface area contributed by atoms with Crippen LogP contribution in [-0.4, -0.2) is 32.9 Å². The summed E-state index contributed by atoms with van der Waals surface area (Å²) in [6, 6.07) is 1.30. The highest BCUT2D eigenvalue weighted by Crippen LogP contribution is 2.33. The van der Waals surface area contributed by atoms with Crippen molar-refractivity contribution < 1.29 is 4.79 Å². The van der Waals surface area contributed by atoms with Crippen molar-refractivity contribution in [2.45, 2.75) is 64.1 Å². The molecule has 3 heterocycles. The second kappa shape index (κ2) is 5.41. The highest BCUT2D eigenvalue weighted by molar-refractivity contribution is 5.94. The molecule has 0 aliphatic carbocycles. The molecule has 0 radical (unpaired) electrons. The van der Waals surface area contributed by atoms with Crippen LogP contribution in [0.4, 0.5) is 0 Å². The van der Waals surface area contributed by atoms with Crippen molar-refractivity contribution in [3.63, 3.8) is 0 Å². The monoisotopic (exact) mass is 262 g/mol. The molecule has 104 valence electrons. The molecule has 5 heteroatoms. The minimum absolute atomic E-state index is 0.213. The first-order valence-corrected chi connectivity index (χ1v) is 7.44. The molecule has 0 aromatic carbocycles. The van der Waals surface area contributed by atoms with Crippen LogP contribution in [0.15, 0.2) is 6.20 Å². The number of nitrogens with zero attached hydrogens (tertiary/aromatic N) is 3. The average molecular weight is 262 g/mol. The largest absolute Gasteiger partial charge is 0.311 e. The number of piperidine rings is 1. The number of carbonyl (C=O) groups excluding carboxylic acids is 1. The Morgan fingerprint density at radius 2 is 2.16 bits per heavy atom. The van der Waals surface area contributed by atoms with Gasteiger partial charge in [0.1, 0.15) is 5.69 Å². The molecule has 1 aromatic rings. The van der Waals surface area contributed by atoms with E-state index in [2.05, 4.69) is 22.6 Å². The van der Waals surface area contributed by atoms with Gasteiger partial charge in [0, 0.05) is 25.0 Å². The van der Waals surface area contributed by atoms with Crippen molar-refractivity contribution >= 4 is 5.78 Å². The quantitative estimate of drug-likeness (QED) is 0.822. The molecular formula is C14H22N4O. The summed E-state index contributed by atoms with van der Waals surface area (Å²) in [7, 11) is 0. The molecule has 2 aliphatic rings. The third kappa shape index (κ3) is 2.71. The van der Waals surface area contributed by atoms with E-state index in [1.165, 1.54) is 12.8 Å². The van der Waals surface area contributed by atoms with E-state index in [9.17, 15) is 4.79 Å². The number of hydrogen-bond donors (Lipinski definition) is 1. The third-order valence-electron chi connectivity index (χ3n) is 4.38. The fourth-order valence-electron chi connectivity index (χ4n) is 3.56. The van der Waals surface area contributed by atoms with Crippen LogP contribution >= 0.6 is 0 Å².